The van der Waals surface area contributed by atoms with Crippen LogP contribution in [0.15, 0.2) is 12.1 Å². The smallest absolute Gasteiger partial charge is 0.179 e. The summed E-state index contributed by atoms with van der Waals surface area (Å²) in [5, 5.41) is 3.98. The number of hydrogen-bond acceptors (Lipinski definition) is 4. The van der Waals surface area contributed by atoms with Crippen molar-refractivity contribution in [2.75, 3.05) is 26.9 Å². The van der Waals surface area contributed by atoms with Gasteiger partial charge in [-0.15, -0.1) is 0 Å². The fourth-order valence-electron chi connectivity index (χ4n) is 2.34. The van der Waals surface area contributed by atoms with Gasteiger partial charge in [-0.3, -0.25) is 0 Å². The molecule has 20 heavy (non-hydrogen) atoms. The lowest BCUT2D eigenvalue weighted by molar-refractivity contribution is 0.110. The second kappa shape index (κ2) is 7.72. The van der Waals surface area contributed by atoms with Crippen LogP contribution in [0.2, 0.25) is 5.02 Å². The zero-order chi connectivity index (χ0) is 14.4. The van der Waals surface area contributed by atoms with Gasteiger partial charge in [0.1, 0.15) is 0 Å². The molecule has 112 valence electrons. The first-order valence-electron chi connectivity index (χ1n) is 7.06. The van der Waals surface area contributed by atoms with Crippen LogP contribution in [0.4, 0.5) is 0 Å². The maximum Gasteiger partial charge on any atom is 0.179 e. The Morgan fingerprint density at radius 2 is 2.30 bits per heavy atom. The van der Waals surface area contributed by atoms with Crippen LogP contribution in [0.1, 0.15) is 25.3 Å². The topological polar surface area (TPSA) is 39.7 Å². The number of halogens is 1. The average molecular weight is 300 g/mol. The van der Waals surface area contributed by atoms with E-state index in [4.69, 9.17) is 25.8 Å². The molecule has 0 radical (unpaired) electrons. The summed E-state index contributed by atoms with van der Waals surface area (Å²) in [6.45, 7) is 4.98. The van der Waals surface area contributed by atoms with Crippen molar-refractivity contribution in [3.05, 3.63) is 22.7 Å². The van der Waals surface area contributed by atoms with Gasteiger partial charge in [-0.05, 0) is 37.5 Å². The van der Waals surface area contributed by atoms with E-state index in [-0.39, 0.29) is 0 Å². The molecule has 2 rings (SSSR count). The molecule has 1 aromatic rings. The molecule has 1 saturated heterocycles. The minimum Gasteiger partial charge on any atom is -0.493 e. The lowest BCUT2D eigenvalue weighted by atomic mass is 10.2. The highest BCUT2D eigenvalue weighted by molar-refractivity contribution is 6.32. The van der Waals surface area contributed by atoms with E-state index in [0.717, 1.165) is 38.1 Å². The van der Waals surface area contributed by atoms with Gasteiger partial charge in [-0.2, -0.15) is 0 Å². The highest BCUT2D eigenvalue weighted by atomic mass is 35.5. The SMILES string of the molecule is CCOc1c(Cl)cc(CNC[C@@H]2CCCO2)cc1OC. The lowest BCUT2D eigenvalue weighted by Gasteiger charge is -2.14. The third-order valence-corrected chi connectivity index (χ3v) is 3.58. The zero-order valence-electron chi connectivity index (χ0n) is 12.1. The van der Waals surface area contributed by atoms with E-state index in [9.17, 15) is 0 Å². The molecule has 0 bridgehead atoms. The molecule has 0 aliphatic carbocycles. The van der Waals surface area contributed by atoms with E-state index < -0.39 is 0 Å². The van der Waals surface area contributed by atoms with Crippen LogP contribution in [-0.2, 0) is 11.3 Å². The van der Waals surface area contributed by atoms with Crippen molar-refractivity contribution in [1.29, 1.82) is 0 Å². The molecule has 1 aromatic carbocycles. The monoisotopic (exact) mass is 299 g/mol. The summed E-state index contributed by atoms with van der Waals surface area (Å²) in [6, 6.07) is 3.87. The Morgan fingerprint density at radius 3 is 2.95 bits per heavy atom. The molecule has 0 spiro atoms. The van der Waals surface area contributed by atoms with Crippen molar-refractivity contribution in [2.24, 2.45) is 0 Å². The van der Waals surface area contributed by atoms with Gasteiger partial charge in [-0.1, -0.05) is 11.6 Å². The number of rotatable bonds is 7. The minimum absolute atomic E-state index is 0.343. The molecule has 1 aliphatic rings. The number of benzene rings is 1. The van der Waals surface area contributed by atoms with Gasteiger partial charge < -0.3 is 19.5 Å². The van der Waals surface area contributed by atoms with E-state index >= 15 is 0 Å². The Morgan fingerprint density at radius 1 is 1.45 bits per heavy atom. The highest BCUT2D eigenvalue weighted by Gasteiger charge is 2.15. The quantitative estimate of drug-likeness (QED) is 0.840. The summed E-state index contributed by atoms with van der Waals surface area (Å²) in [7, 11) is 1.62. The van der Waals surface area contributed by atoms with Crippen LogP contribution in [0.25, 0.3) is 0 Å². The maximum absolute atomic E-state index is 6.24. The summed E-state index contributed by atoms with van der Waals surface area (Å²) in [6.07, 6.45) is 2.64. The third kappa shape index (κ3) is 4.01. The van der Waals surface area contributed by atoms with Crippen LogP contribution >= 0.6 is 11.6 Å². The zero-order valence-corrected chi connectivity index (χ0v) is 12.8. The first-order chi connectivity index (χ1) is 9.74. The standard InChI is InChI=1S/C15H22ClNO3/c1-3-19-15-13(16)7-11(8-14(15)18-2)9-17-10-12-5-4-6-20-12/h7-8,12,17H,3-6,9-10H2,1-2H3/t12-/m0/s1. The van der Waals surface area contributed by atoms with Crippen LogP contribution in [0, 0.1) is 0 Å². The molecule has 1 aliphatic heterocycles. The molecule has 5 heteroatoms. The fourth-order valence-corrected chi connectivity index (χ4v) is 2.63. The first kappa shape index (κ1) is 15.4. The summed E-state index contributed by atoms with van der Waals surface area (Å²) >= 11 is 6.24. The van der Waals surface area contributed by atoms with E-state index in [1.165, 1.54) is 0 Å². The summed E-state index contributed by atoms with van der Waals surface area (Å²) in [5.74, 6) is 1.29. The molecular formula is C15H22ClNO3. The predicted octanol–water partition coefficient (Wildman–Crippen LogP) is 3.02. The van der Waals surface area contributed by atoms with Gasteiger partial charge in [0.25, 0.3) is 0 Å². The normalized spacial score (nSPS) is 18.2. The summed E-state index contributed by atoms with van der Waals surface area (Å²) in [4.78, 5) is 0. The molecule has 4 nitrogen and oxygen atoms in total. The van der Waals surface area contributed by atoms with E-state index in [1.54, 1.807) is 7.11 Å². The fraction of sp³-hybridized carbons (Fsp3) is 0.600. The van der Waals surface area contributed by atoms with Crippen molar-refractivity contribution in [3.8, 4) is 11.5 Å². The molecular weight excluding hydrogens is 278 g/mol. The second-order valence-electron chi connectivity index (χ2n) is 4.81. The van der Waals surface area contributed by atoms with Gasteiger partial charge in [0, 0.05) is 19.7 Å². The molecule has 0 amide bonds. The molecule has 0 saturated carbocycles. The van der Waals surface area contributed by atoms with E-state index in [1.807, 2.05) is 19.1 Å². The van der Waals surface area contributed by atoms with Gasteiger partial charge >= 0.3 is 0 Å². The lowest BCUT2D eigenvalue weighted by Crippen LogP contribution is -2.25. The van der Waals surface area contributed by atoms with Gasteiger partial charge in [-0.25, -0.2) is 0 Å². The molecule has 0 aromatic heterocycles. The average Bonchev–Trinajstić information content (AvgIpc) is 2.94. The van der Waals surface area contributed by atoms with Crippen LogP contribution in [0.3, 0.4) is 0 Å². The van der Waals surface area contributed by atoms with Crippen molar-refractivity contribution in [1.82, 2.24) is 5.32 Å². The van der Waals surface area contributed by atoms with Crippen LogP contribution < -0.4 is 14.8 Å². The Kier molecular flexibility index (Phi) is 5.95. The van der Waals surface area contributed by atoms with Crippen LogP contribution in [-0.4, -0.2) is 33.0 Å². The molecule has 1 fully saturated rings. The largest absolute Gasteiger partial charge is 0.493 e. The molecule has 1 heterocycles. The van der Waals surface area contributed by atoms with Crippen LogP contribution in [0.5, 0.6) is 11.5 Å². The summed E-state index contributed by atoms with van der Waals surface area (Å²) in [5.41, 5.74) is 1.08. The predicted molar refractivity (Wildman–Crippen MR) is 79.9 cm³/mol. The van der Waals surface area contributed by atoms with Gasteiger partial charge in [0.2, 0.25) is 0 Å². The Labute approximate surface area is 125 Å². The summed E-state index contributed by atoms with van der Waals surface area (Å²) < 4.78 is 16.4. The molecule has 1 N–H and O–H groups in total. The van der Waals surface area contributed by atoms with E-state index in [0.29, 0.717) is 29.2 Å². The Balaban J connectivity index is 1.95. The number of hydrogen-bond donors (Lipinski definition) is 1. The number of nitrogens with one attached hydrogen (secondary N) is 1. The highest BCUT2D eigenvalue weighted by Crippen LogP contribution is 2.36. The van der Waals surface area contributed by atoms with Crippen molar-refractivity contribution < 1.29 is 14.2 Å². The molecule has 0 unspecified atom stereocenters. The maximum atomic E-state index is 6.24. The van der Waals surface area contributed by atoms with Crippen molar-refractivity contribution >= 4 is 11.6 Å². The Bertz CT molecular complexity index is 433. The number of ether oxygens (including phenoxy) is 3. The van der Waals surface area contributed by atoms with Crippen molar-refractivity contribution in [3.63, 3.8) is 0 Å². The van der Waals surface area contributed by atoms with Gasteiger partial charge in [0.15, 0.2) is 11.5 Å². The third-order valence-electron chi connectivity index (χ3n) is 3.30. The van der Waals surface area contributed by atoms with Gasteiger partial charge in [0.05, 0.1) is 24.8 Å². The minimum atomic E-state index is 0.343. The van der Waals surface area contributed by atoms with E-state index in [2.05, 4.69) is 5.32 Å². The number of methoxy groups -OCH3 is 1. The Hall–Kier alpha value is -0.970. The first-order valence-corrected chi connectivity index (χ1v) is 7.44. The molecule has 1 atom stereocenters. The van der Waals surface area contributed by atoms with Crippen molar-refractivity contribution in [2.45, 2.75) is 32.4 Å². The second-order valence-corrected chi connectivity index (χ2v) is 5.22.